The Morgan fingerprint density at radius 1 is 1.43 bits per heavy atom. The summed E-state index contributed by atoms with van der Waals surface area (Å²) in [6, 6.07) is 0.562. The molecule has 0 aromatic carbocycles. The van der Waals surface area contributed by atoms with Crippen molar-refractivity contribution in [3.05, 3.63) is 18.2 Å². The molecule has 0 fully saturated rings. The predicted octanol–water partition coefficient (Wildman–Crippen LogP) is 0.508. The average molecular weight is 196 g/mol. The first kappa shape index (κ1) is 11.2. The maximum Gasteiger partial charge on any atom is 0.0947 e. The molecule has 4 heteroatoms. The third-order valence-corrected chi connectivity index (χ3v) is 1.92. The van der Waals surface area contributed by atoms with Gasteiger partial charge in [0.2, 0.25) is 0 Å². The standard InChI is InChI=1S/C10H20N4/c1-9(2)12-5-4-11-6-10-7-14(3)8-13-10/h7-9,11-12H,4-6H2,1-3H3. The van der Waals surface area contributed by atoms with Crippen molar-refractivity contribution in [1.29, 1.82) is 0 Å². The first-order valence-electron chi connectivity index (χ1n) is 5.09. The van der Waals surface area contributed by atoms with E-state index in [1.165, 1.54) is 0 Å². The van der Waals surface area contributed by atoms with Crippen molar-refractivity contribution in [3.63, 3.8) is 0 Å². The highest BCUT2D eigenvalue weighted by atomic mass is 15.0. The fourth-order valence-electron chi connectivity index (χ4n) is 1.22. The summed E-state index contributed by atoms with van der Waals surface area (Å²) < 4.78 is 1.96. The third kappa shape index (κ3) is 4.39. The molecule has 0 radical (unpaired) electrons. The number of nitrogens with one attached hydrogen (secondary N) is 2. The van der Waals surface area contributed by atoms with Crippen molar-refractivity contribution in [3.8, 4) is 0 Å². The topological polar surface area (TPSA) is 41.9 Å². The van der Waals surface area contributed by atoms with E-state index in [1.54, 1.807) is 0 Å². The minimum Gasteiger partial charge on any atom is -0.340 e. The summed E-state index contributed by atoms with van der Waals surface area (Å²) in [5.41, 5.74) is 1.09. The summed E-state index contributed by atoms with van der Waals surface area (Å²) in [5, 5.41) is 6.68. The zero-order valence-electron chi connectivity index (χ0n) is 9.25. The van der Waals surface area contributed by atoms with Gasteiger partial charge < -0.3 is 15.2 Å². The van der Waals surface area contributed by atoms with E-state index in [-0.39, 0.29) is 0 Å². The molecular formula is C10H20N4. The van der Waals surface area contributed by atoms with E-state index in [4.69, 9.17) is 0 Å². The number of aryl methyl sites for hydroxylation is 1. The van der Waals surface area contributed by atoms with Crippen LogP contribution in [0.4, 0.5) is 0 Å². The molecular weight excluding hydrogens is 176 g/mol. The molecule has 4 nitrogen and oxygen atoms in total. The molecule has 1 rings (SSSR count). The van der Waals surface area contributed by atoms with Crippen LogP contribution in [0.2, 0.25) is 0 Å². The maximum absolute atomic E-state index is 4.23. The van der Waals surface area contributed by atoms with E-state index in [2.05, 4.69) is 29.5 Å². The molecule has 1 heterocycles. The van der Waals surface area contributed by atoms with E-state index < -0.39 is 0 Å². The molecule has 0 spiro atoms. The highest BCUT2D eigenvalue weighted by molar-refractivity contribution is 4.95. The van der Waals surface area contributed by atoms with E-state index in [1.807, 2.05) is 24.1 Å². The van der Waals surface area contributed by atoms with Crippen molar-refractivity contribution in [2.24, 2.45) is 7.05 Å². The molecule has 0 saturated heterocycles. The second-order valence-corrected chi connectivity index (χ2v) is 3.82. The largest absolute Gasteiger partial charge is 0.340 e. The van der Waals surface area contributed by atoms with Gasteiger partial charge in [-0.3, -0.25) is 0 Å². The Kier molecular flexibility index (Phi) is 4.62. The molecule has 0 amide bonds. The first-order chi connectivity index (χ1) is 6.68. The molecule has 2 N–H and O–H groups in total. The van der Waals surface area contributed by atoms with Gasteiger partial charge in [0.25, 0.3) is 0 Å². The number of hydrogen-bond acceptors (Lipinski definition) is 3. The number of rotatable bonds is 6. The SMILES string of the molecule is CC(C)NCCNCc1cn(C)cn1. The van der Waals surface area contributed by atoms with E-state index in [9.17, 15) is 0 Å². The van der Waals surface area contributed by atoms with Crippen LogP contribution in [0.5, 0.6) is 0 Å². The summed E-state index contributed by atoms with van der Waals surface area (Å²) in [5.74, 6) is 0. The lowest BCUT2D eigenvalue weighted by Gasteiger charge is -2.07. The summed E-state index contributed by atoms with van der Waals surface area (Å²) in [6.07, 6.45) is 3.85. The number of aromatic nitrogens is 2. The van der Waals surface area contributed by atoms with Crippen molar-refractivity contribution >= 4 is 0 Å². The Morgan fingerprint density at radius 3 is 2.79 bits per heavy atom. The van der Waals surface area contributed by atoms with Gasteiger partial charge in [0.05, 0.1) is 12.0 Å². The minimum absolute atomic E-state index is 0.562. The molecule has 0 atom stereocenters. The van der Waals surface area contributed by atoms with Crippen molar-refractivity contribution in [1.82, 2.24) is 20.2 Å². The lowest BCUT2D eigenvalue weighted by molar-refractivity contribution is 0.554. The van der Waals surface area contributed by atoms with Crippen LogP contribution in [0.1, 0.15) is 19.5 Å². The Hall–Kier alpha value is -0.870. The van der Waals surface area contributed by atoms with E-state index >= 15 is 0 Å². The van der Waals surface area contributed by atoms with Crippen LogP contribution in [-0.2, 0) is 13.6 Å². The second-order valence-electron chi connectivity index (χ2n) is 3.82. The Labute approximate surface area is 85.7 Å². The maximum atomic E-state index is 4.23. The van der Waals surface area contributed by atoms with Gasteiger partial charge in [-0.2, -0.15) is 0 Å². The van der Waals surface area contributed by atoms with Crippen LogP contribution in [0, 0.1) is 0 Å². The van der Waals surface area contributed by atoms with Gasteiger partial charge in [-0.25, -0.2) is 4.98 Å². The first-order valence-corrected chi connectivity index (χ1v) is 5.09. The highest BCUT2D eigenvalue weighted by Gasteiger charge is 1.95. The molecule has 0 aliphatic heterocycles. The minimum atomic E-state index is 0.562. The smallest absolute Gasteiger partial charge is 0.0947 e. The Morgan fingerprint density at radius 2 is 2.21 bits per heavy atom. The van der Waals surface area contributed by atoms with Crippen LogP contribution in [0.3, 0.4) is 0 Å². The highest BCUT2D eigenvalue weighted by Crippen LogP contribution is 1.91. The normalized spacial score (nSPS) is 11.1. The average Bonchev–Trinajstić information content (AvgIpc) is 2.50. The molecule has 0 aliphatic carbocycles. The fourth-order valence-corrected chi connectivity index (χ4v) is 1.22. The molecule has 0 bridgehead atoms. The Balaban J connectivity index is 2.04. The van der Waals surface area contributed by atoms with Crippen LogP contribution < -0.4 is 10.6 Å². The number of hydrogen-bond donors (Lipinski definition) is 2. The zero-order chi connectivity index (χ0) is 10.4. The van der Waals surface area contributed by atoms with E-state index in [0.29, 0.717) is 6.04 Å². The summed E-state index contributed by atoms with van der Waals surface area (Å²) >= 11 is 0. The fraction of sp³-hybridized carbons (Fsp3) is 0.700. The zero-order valence-corrected chi connectivity index (χ0v) is 9.25. The quantitative estimate of drug-likeness (QED) is 0.651. The lowest BCUT2D eigenvalue weighted by Crippen LogP contribution is -2.31. The van der Waals surface area contributed by atoms with Crippen molar-refractivity contribution in [2.45, 2.75) is 26.4 Å². The second kappa shape index (κ2) is 5.78. The van der Waals surface area contributed by atoms with Gasteiger partial charge in [-0.1, -0.05) is 13.8 Å². The van der Waals surface area contributed by atoms with E-state index in [0.717, 1.165) is 25.3 Å². The monoisotopic (exact) mass is 196 g/mol. The lowest BCUT2D eigenvalue weighted by atomic mass is 10.4. The predicted molar refractivity (Wildman–Crippen MR) is 58.1 cm³/mol. The number of nitrogens with zero attached hydrogens (tertiary/aromatic N) is 2. The van der Waals surface area contributed by atoms with Crippen LogP contribution in [0.25, 0.3) is 0 Å². The summed E-state index contributed by atoms with van der Waals surface area (Å²) in [6.45, 7) is 7.14. The molecule has 80 valence electrons. The summed E-state index contributed by atoms with van der Waals surface area (Å²) in [4.78, 5) is 4.23. The molecule has 14 heavy (non-hydrogen) atoms. The van der Waals surface area contributed by atoms with Gasteiger partial charge in [-0.15, -0.1) is 0 Å². The van der Waals surface area contributed by atoms with Crippen LogP contribution in [-0.4, -0.2) is 28.7 Å². The molecule has 1 aromatic rings. The van der Waals surface area contributed by atoms with Crippen molar-refractivity contribution in [2.75, 3.05) is 13.1 Å². The molecule has 0 aliphatic rings. The van der Waals surface area contributed by atoms with Gasteiger partial charge >= 0.3 is 0 Å². The van der Waals surface area contributed by atoms with Crippen LogP contribution >= 0.6 is 0 Å². The van der Waals surface area contributed by atoms with Gasteiger partial charge in [0.15, 0.2) is 0 Å². The number of imidazole rings is 1. The van der Waals surface area contributed by atoms with Crippen LogP contribution in [0.15, 0.2) is 12.5 Å². The van der Waals surface area contributed by atoms with Gasteiger partial charge in [0.1, 0.15) is 0 Å². The molecule has 0 unspecified atom stereocenters. The molecule has 0 saturated carbocycles. The van der Waals surface area contributed by atoms with Gasteiger partial charge in [-0.05, 0) is 0 Å². The third-order valence-electron chi connectivity index (χ3n) is 1.92. The molecule has 1 aromatic heterocycles. The van der Waals surface area contributed by atoms with Crippen molar-refractivity contribution < 1.29 is 0 Å². The Bertz CT molecular complexity index is 254. The van der Waals surface area contributed by atoms with Gasteiger partial charge in [0, 0.05) is 38.9 Å². The summed E-state index contributed by atoms with van der Waals surface area (Å²) in [7, 11) is 1.98.